The SMILES string of the molecule is COc1cc(/C=C(\C#N)C(=O)Nc2ccc(C)cc2C)cc(Cl)c1OS(=O)(=O)c1ccc(NC(C)=O)cc1. The zero-order valence-electron chi connectivity index (χ0n) is 21.0. The van der Waals surface area contributed by atoms with Crippen LogP contribution in [0.1, 0.15) is 23.6 Å². The first-order valence-corrected chi connectivity index (χ1v) is 12.9. The Hall–Kier alpha value is -4.33. The number of nitriles is 1. The van der Waals surface area contributed by atoms with E-state index in [-0.39, 0.29) is 32.9 Å². The van der Waals surface area contributed by atoms with Crippen molar-refractivity contribution in [1.82, 2.24) is 0 Å². The van der Waals surface area contributed by atoms with Crippen molar-refractivity contribution in [2.45, 2.75) is 25.7 Å². The number of anilines is 2. The van der Waals surface area contributed by atoms with Crippen LogP contribution in [0.2, 0.25) is 5.02 Å². The maximum absolute atomic E-state index is 12.8. The van der Waals surface area contributed by atoms with E-state index in [1.54, 1.807) is 6.07 Å². The van der Waals surface area contributed by atoms with Crippen molar-refractivity contribution in [3.8, 4) is 17.6 Å². The molecule has 0 aliphatic carbocycles. The van der Waals surface area contributed by atoms with Gasteiger partial charge >= 0.3 is 10.1 Å². The molecule has 2 amide bonds. The topological polar surface area (TPSA) is 135 Å². The second-order valence-electron chi connectivity index (χ2n) is 8.22. The summed E-state index contributed by atoms with van der Waals surface area (Å²) in [5.41, 5.74) is 2.96. The van der Waals surface area contributed by atoms with Crippen LogP contribution in [-0.2, 0) is 19.7 Å². The normalized spacial score (nSPS) is 11.3. The predicted octanol–water partition coefficient (Wildman–Crippen LogP) is 5.24. The summed E-state index contributed by atoms with van der Waals surface area (Å²) >= 11 is 6.33. The largest absolute Gasteiger partial charge is 0.493 e. The standard InChI is InChI=1S/C27H24ClN3O6S/c1-16-5-10-24(17(2)11-16)31-27(33)20(15-29)12-19-13-23(28)26(25(14-19)36-4)37-38(34,35)22-8-6-21(7-9-22)30-18(3)32/h5-14H,1-4H3,(H,30,32)(H,31,33)/b20-12+. The van der Waals surface area contributed by atoms with E-state index in [9.17, 15) is 23.3 Å². The Balaban J connectivity index is 1.88. The molecule has 0 fully saturated rings. The molecule has 0 aliphatic rings. The molecule has 0 atom stereocenters. The zero-order valence-corrected chi connectivity index (χ0v) is 22.5. The maximum Gasteiger partial charge on any atom is 0.339 e. The van der Waals surface area contributed by atoms with Gasteiger partial charge in [0.15, 0.2) is 5.75 Å². The summed E-state index contributed by atoms with van der Waals surface area (Å²) in [5.74, 6) is -1.23. The van der Waals surface area contributed by atoms with Gasteiger partial charge in [0, 0.05) is 18.3 Å². The highest BCUT2D eigenvalue weighted by molar-refractivity contribution is 7.87. The van der Waals surface area contributed by atoms with E-state index in [0.29, 0.717) is 16.9 Å². The van der Waals surface area contributed by atoms with Gasteiger partial charge in [0.2, 0.25) is 11.7 Å². The lowest BCUT2D eigenvalue weighted by molar-refractivity contribution is -0.114. The average molecular weight is 554 g/mol. The minimum absolute atomic E-state index is 0.0331. The van der Waals surface area contributed by atoms with Crippen molar-refractivity contribution in [3.05, 3.63) is 81.9 Å². The fourth-order valence-corrected chi connectivity index (χ4v) is 4.69. The molecule has 0 bridgehead atoms. The van der Waals surface area contributed by atoms with E-state index in [2.05, 4.69) is 10.6 Å². The molecule has 0 heterocycles. The van der Waals surface area contributed by atoms with Gasteiger partial charge in [-0.1, -0.05) is 29.3 Å². The highest BCUT2D eigenvalue weighted by Crippen LogP contribution is 2.39. The number of carbonyl (C=O) groups excluding carboxylic acids is 2. The number of hydrogen-bond donors (Lipinski definition) is 2. The third kappa shape index (κ3) is 6.91. The number of carbonyl (C=O) groups is 2. The van der Waals surface area contributed by atoms with Crippen LogP contribution in [0.4, 0.5) is 11.4 Å². The van der Waals surface area contributed by atoms with Gasteiger partial charge in [-0.25, -0.2) is 0 Å². The highest BCUT2D eigenvalue weighted by atomic mass is 35.5. The molecule has 0 saturated heterocycles. The Morgan fingerprint density at radius 1 is 1.03 bits per heavy atom. The van der Waals surface area contributed by atoms with Gasteiger partial charge in [-0.15, -0.1) is 0 Å². The van der Waals surface area contributed by atoms with Gasteiger partial charge in [-0.2, -0.15) is 13.7 Å². The summed E-state index contributed by atoms with van der Waals surface area (Å²) in [6.45, 7) is 5.10. The van der Waals surface area contributed by atoms with Crippen LogP contribution in [-0.4, -0.2) is 27.3 Å². The van der Waals surface area contributed by atoms with Gasteiger partial charge < -0.3 is 19.6 Å². The lowest BCUT2D eigenvalue weighted by atomic mass is 10.1. The molecule has 0 radical (unpaired) electrons. The molecule has 0 aromatic heterocycles. The summed E-state index contributed by atoms with van der Waals surface area (Å²) in [7, 11) is -3.03. The monoisotopic (exact) mass is 553 g/mol. The summed E-state index contributed by atoms with van der Waals surface area (Å²) in [6.07, 6.45) is 1.30. The molecule has 0 aliphatic heterocycles. The number of aryl methyl sites for hydroxylation is 2. The highest BCUT2D eigenvalue weighted by Gasteiger charge is 2.23. The summed E-state index contributed by atoms with van der Waals surface area (Å²) in [4.78, 5) is 23.7. The number of ether oxygens (including phenoxy) is 1. The Bertz CT molecular complexity index is 1580. The van der Waals surface area contributed by atoms with Crippen molar-refractivity contribution >= 4 is 51.0 Å². The van der Waals surface area contributed by atoms with Gasteiger partial charge in [-0.05, 0) is 73.5 Å². The smallest absolute Gasteiger partial charge is 0.339 e. The Kier molecular flexibility index (Phi) is 8.78. The first-order valence-electron chi connectivity index (χ1n) is 11.1. The molecular formula is C27H24ClN3O6S. The van der Waals surface area contributed by atoms with Crippen molar-refractivity contribution in [1.29, 1.82) is 5.26 Å². The Morgan fingerprint density at radius 3 is 2.29 bits per heavy atom. The predicted molar refractivity (Wildman–Crippen MR) is 145 cm³/mol. The third-order valence-corrected chi connectivity index (χ3v) is 6.73. The van der Waals surface area contributed by atoms with Gasteiger partial charge in [0.05, 0.1) is 12.1 Å². The van der Waals surface area contributed by atoms with E-state index in [1.165, 1.54) is 56.5 Å². The molecule has 0 saturated carbocycles. The number of benzene rings is 3. The number of rotatable bonds is 8. The molecule has 0 spiro atoms. The first-order chi connectivity index (χ1) is 17.9. The molecule has 3 aromatic rings. The van der Waals surface area contributed by atoms with E-state index in [4.69, 9.17) is 20.5 Å². The number of nitrogens with one attached hydrogen (secondary N) is 2. The third-order valence-electron chi connectivity index (χ3n) is 5.21. The molecular weight excluding hydrogens is 530 g/mol. The van der Waals surface area contributed by atoms with Crippen molar-refractivity contribution < 1.29 is 26.9 Å². The fourth-order valence-electron chi connectivity index (χ4n) is 3.43. The van der Waals surface area contributed by atoms with Gasteiger partial charge in [0.1, 0.15) is 16.5 Å². The lowest BCUT2D eigenvalue weighted by Gasteiger charge is -2.14. The summed E-state index contributed by atoms with van der Waals surface area (Å²) in [5, 5.41) is 14.7. The van der Waals surface area contributed by atoms with E-state index < -0.39 is 16.0 Å². The quantitative estimate of drug-likeness (QED) is 0.221. The minimum Gasteiger partial charge on any atom is -0.493 e. The molecule has 3 rings (SSSR count). The van der Waals surface area contributed by atoms with Crippen LogP contribution in [0.5, 0.6) is 11.5 Å². The number of amides is 2. The maximum atomic E-state index is 12.8. The van der Waals surface area contributed by atoms with E-state index in [1.807, 2.05) is 32.0 Å². The van der Waals surface area contributed by atoms with Crippen LogP contribution < -0.4 is 19.6 Å². The van der Waals surface area contributed by atoms with Crippen LogP contribution in [0.15, 0.2) is 65.1 Å². The summed E-state index contributed by atoms with van der Waals surface area (Å²) in [6, 6.07) is 15.4. The van der Waals surface area contributed by atoms with Gasteiger partial charge in [-0.3, -0.25) is 9.59 Å². The average Bonchev–Trinajstić information content (AvgIpc) is 2.85. The van der Waals surface area contributed by atoms with Crippen molar-refractivity contribution in [2.24, 2.45) is 0 Å². The van der Waals surface area contributed by atoms with E-state index >= 15 is 0 Å². The molecule has 38 heavy (non-hydrogen) atoms. The van der Waals surface area contributed by atoms with Crippen LogP contribution in [0.25, 0.3) is 6.08 Å². The number of nitrogens with zero attached hydrogens (tertiary/aromatic N) is 1. The second kappa shape index (κ2) is 11.8. The Labute approximate surface area is 225 Å². The Morgan fingerprint density at radius 2 is 1.71 bits per heavy atom. The lowest BCUT2D eigenvalue weighted by Crippen LogP contribution is -2.14. The zero-order chi connectivity index (χ0) is 28.0. The number of methoxy groups -OCH3 is 1. The first kappa shape index (κ1) is 28.2. The second-order valence-corrected chi connectivity index (χ2v) is 10.2. The molecule has 2 N–H and O–H groups in total. The number of halogens is 1. The van der Waals surface area contributed by atoms with Crippen LogP contribution >= 0.6 is 11.6 Å². The minimum atomic E-state index is -4.32. The summed E-state index contributed by atoms with van der Waals surface area (Å²) < 4.78 is 36.2. The molecule has 9 nitrogen and oxygen atoms in total. The van der Waals surface area contributed by atoms with Crippen LogP contribution in [0.3, 0.4) is 0 Å². The van der Waals surface area contributed by atoms with Gasteiger partial charge in [0.25, 0.3) is 5.91 Å². The molecule has 3 aromatic carbocycles. The molecule has 196 valence electrons. The molecule has 0 unspecified atom stereocenters. The number of hydrogen-bond acceptors (Lipinski definition) is 7. The van der Waals surface area contributed by atoms with Crippen LogP contribution in [0, 0.1) is 25.2 Å². The molecule has 11 heteroatoms. The van der Waals surface area contributed by atoms with Crippen molar-refractivity contribution in [3.63, 3.8) is 0 Å². The van der Waals surface area contributed by atoms with Crippen molar-refractivity contribution in [2.75, 3.05) is 17.7 Å². The van der Waals surface area contributed by atoms with E-state index in [0.717, 1.165) is 11.1 Å². The fraction of sp³-hybridized carbons (Fsp3) is 0.148.